The van der Waals surface area contributed by atoms with Crippen LogP contribution in [-0.4, -0.2) is 21.4 Å². The minimum Gasteiger partial charge on any atom is -0.485 e. The molecule has 0 spiro atoms. The van der Waals surface area contributed by atoms with Crippen molar-refractivity contribution < 1.29 is 18.7 Å². The van der Waals surface area contributed by atoms with Gasteiger partial charge in [-0.05, 0) is 96.1 Å². The van der Waals surface area contributed by atoms with Crippen LogP contribution in [0.4, 0.5) is 0 Å². The van der Waals surface area contributed by atoms with E-state index in [0.717, 1.165) is 47.6 Å². The molecule has 1 aliphatic carbocycles. The van der Waals surface area contributed by atoms with E-state index in [2.05, 4.69) is 58.1 Å². The van der Waals surface area contributed by atoms with Gasteiger partial charge in [-0.25, -0.2) is 0 Å². The number of benzene rings is 2. The van der Waals surface area contributed by atoms with E-state index in [1.54, 1.807) is 0 Å². The lowest BCUT2D eigenvalue weighted by Crippen LogP contribution is -2.40. The summed E-state index contributed by atoms with van der Waals surface area (Å²) in [5.41, 5.74) is 4.65. The standard InChI is InChI=1S/C30H41ClO4Si/c1-19(29(32)33-5)28(21-9-10-21)22-11-8-20-12-15-26(35-27(20)17-22)25-14-13-24(31)16-23(25)18-34-36(6,7)30(2,3)4/h8,11,13-14,16-17,19,21,26,28H,9-10,12,15,18H2,1-7H3/t19-,26?,28-/m0/s1. The lowest BCUT2D eigenvalue weighted by atomic mass is 9.82. The zero-order chi connectivity index (χ0) is 26.3. The van der Waals surface area contributed by atoms with Crippen molar-refractivity contribution >= 4 is 25.9 Å². The van der Waals surface area contributed by atoms with Crippen molar-refractivity contribution in [2.24, 2.45) is 11.8 Å². The van der Waals surface area contributed by atoms with Gasteiger partial charge < -0.3 is 13.9 Å². The minimum absolute atomic E-state index is 0.0552. The van der Waals surface area contributed by atoms with Crippen LogP contribution in [0.2, 0.25) is 23.2 Å². The molecule has 2 aliphatic rings. The molecule has 4 rings (SSSR count). The largest absolute Gasteiger partial charge is 0.485 e. The van der Waals surface area contributed by atoms with Gasteiger partial charge in [0.15, 0.2) is 8.32 Å². The highest BCUT2D eigenvalue weighted by molar-refractivity contribution is 6.74. The molecule has 4 nitrogen and oxygen atoms in total. The number of halogens is 1. The molecule has 0 N–H and O–H groups in total. The smallest absolute Gasteiger partial charge is 0.309 e. The van der Waals surface area contributed by atoms with Crippen molar-refractivity contribution in [1.82, 2.24) is 0 Å². The van der Waals surface area contributed by atoms with Crippen molar-refractivity contribution in [2.45, 2.75) is 90.1 Å². The van der Waals surface area contributed by atoms with Crippen LogP contribution < -0.4 is 4.74 Å². The molecule has 1 heterocycles. The first kappa shape index (κ1) is 27.2. The van der Waals surface area contributed by atoms with Crippen LogP contribution >= 0.6 is 11.6 Å². The third-order valence-corrected chi connectivity index (χ3v) is 13.2. The number of aryl methyl sites for hydroxylation is 1. The summed E-state index contributed by atoms with van der Waals surface area (Å²) in [4.78, 5) is 12.4. The van der Waals surface area contributed by atoms with E-state index in [1.165, 1.54) is 18.2 Å². The molecule has 0 radical (unpaired) electrons. The van der Waals surface area contributed by atoms with Crippen LogP contribution in [0.5, 0.6) is 5.75 Å². The van der Waals surface area contributed by atoms with Gasteiger partial charge in [0.2, 0.25) is 0 Å². The molecule has 0 bridgehead atoms. The van der Waals surface area contributed by atoms with Crippen molar-refractivity contribution in [2.75, 3.05) is 7.11 Å². The molecule has 2 aromatic rings. The molecule has 0 saturated heterocycles. The summed E-state index contributed by atoms with van der Waals surface area (Å²) < 4.78 is 18.3. The number of ether oxygens (including phenoxy) is 2. The maximum atomic E-state index is 12.4. The lowest BCUT2D eigenvalue weighted by molar-refractivity contribution is -0.145. The Kier molecular flexibility index (Phi) is 7.94. The van der Waals surface area contributed by atoms with Crippen molar-refractivity contribution in [3.8, 4) is 5.75 Å². The summed E-state index contributed by atoms with van der Waals surface area (Å²) in [6, 6.07) is 12.6. The number of carbonyl (C=O) groups excluding carboxylic acids is 1. The van der Waals surface area contributed by atoms with Gasteiger partial charge in [0.25, 0.3) is 0 Å². The normalized spacial score (nSPS) is 19.7. The lowest BCUT2D eigenvalue weighted by Gasteiger charge is -2.36. The maximum absolute atomic E-state index is 12.4. The summed E-state index contributed by atoms with van der Waals surface area (Å²) in [5, 5.41) is 0.858. The highest BCUT2D eigenvalue weighted by Gasteiger charge is 2.40. The Morgan fingerprint density at radius 3 is 2.50 bits per heavy atom. The van der Waals surface area contributed by atoms with Crippen molar-refractivity contribution in [3.05, 3.63) is 63.7 Å². The fourth-order valence-corrected chi connectivity index (χ4v) is 6.20. The average Bonchev–Trinajstić information content (AvgIpc) is 3.66. The quantitative estimate of drug-likeness (QED) is 0.255. The molecule has 1 unspecified atom stereocenters. The van der Waals surface area contributed by atoms with Gasteiger partial charge in [-0.1, -0.05) is 57.5 Å². The van der Waals surface area contributed by atoms with Gasteiger partial charge >= 0.3 is 5.97 Å². The van der Waals surface area contributed by atoms with Gasteiger partial charge in [0, 0.05) is 5.02 Å². The molecule has 2 aromatic carbocycles. The average molecular weight is 529 g/mol. The van der Waals surface area contributed by atoms with E-state index in [4.69, 9.17) is 25.5 Å². The number of carbonyl (C=O) groups is 1. The van der Waals surface area contributed by atoms with Gasteiger partial charge in [0.05, 0.1) is 19.6 Å². The third kappa shape index (κ3) is 5.84. The van der Waals surface area contributed by atoms with E-state index >= 15 is 0 Å². The Bertz CT molecular complexity index is 1100. The fraction of sp³-hybridized carbons (Fsp3) is 0.567. The molecule has 1 fully saturated rings. The van der Waals surface area contributed by atoms with E-state index < -0.39 is 8.32 Å². The second kappa shape index (κ2) is 10.5. The number of esters is 1. The molecule has 0 aromatic heterocycles. The van der Waals surface area contributed by atoms with E-state index in [0.29, 0.717) is 12.5 Å². The summed E-state index contributed by atoms with van der Waals surface area (Å²) in [6.45, 7) is 13.8. The molecule has 196 valence electrons. The molecule has 0 amide bonds. The molecule has 6 heteroatoms. The SMILES string of the molecule is COC(=O)[C@@H](C)[C@H](c1ccc2c(c1)OC(c1ccc(Cl)cc1CO[Si](C)(C)C(C)(C)C)CC2)C1CC1. The molecule has 1 saturated carbocycles. The van der Waals surface area contributed by atoms with Crippen molar-refractivity contribution in [3.63, 3.8) is 0 Å². The van der Waals surface area contributed by atoms with Crippen LogP contribution in [0.25, 0.3) is 0 Å². The Balaban J connectivity index is 1.58. The van der Waals surface area contributed by atoms with Gasteiger partial charge in [-0.15, -0.1) is 0 Å². The molecule has 36 heavy (non-hydrogen) atoms. The Labute approximate surface area is 222 Å². The van der Waals surface area contributed by atoms with Gasteiger partial charge in [-0.2, -0.15) is 0 Å². The second-order valence-corrected chi connectivity index (χ2v) is 17.3. The Morgan fingerprint density at radius 1 is 1.14 bits per heavy atom. The van der Waals surface area contributed by atoms with Crippen molar-refractivity contribution in [1.29, 1.82) is 0 Å². The number of fused-ring (bicyclic) bond motifs is 1. The van der Waals surface area contributed by atoms with Crippen LogP contribution in [0, 0.1) is 11.8 Å². The molecule has 3 atom stereocenters. The highest BCUT2D eigenvalue weighted by atomic mass is 35.5. The monoisotopic (exact) mass is 528 g/mol. The minimum atomic E-state index is -1.91. The maximum Gasteiger partial charge on any atom is 0.309 e. The Morgan fingerprint density at radius 2 is 1.86 bits per heavy atom. The molecular weight excluding hydrogens is 488 g/mol. The first-order chi connectivity index (χ1) is 16.9. The fourth-order valence-electron chi connectivity index (χ4n) is 5.06. The van der Waals surface area contributed by atoms with Crippen LogP contribution in [0.1, 0.15) is 81.2 Å². The predicted molar refractivity (Wildman–Crippen MR) is 148 cm³/mol. The highest BCUT2D eigenvalue weighted by Crippen LogP contribution is 2.48. The first-order valence-corrected chi connectivity index (χ1v) is 16.5. The Hall–Kier alpha value is -1.82. The number of rotatable bonds is 8. The van der Waals surface area contributed by atoms with E-state index in [1.807, 2.05) is 19.1 Å². The summed E-state index contributed by atoms with van der Waals surface area (Å²) >= 11 is 6.41. The summed E-state index contributed by atoms with van der Waals surface area (Å²) in [6.07, 6.45) is 4.13. The summed E-state index contributed by atoms with van der Waals surface area (Å²) in [7, 11) is -0.431. The van der Waals surface area contributed by atoms with Crippen LogP contribution in [0.15, 0.2) is 36.4 Å². The zero-order valence-electron chi connectivity index (χ0n) is 22.8. The third-order valence-electron chi connectivity index (χ3n) is 8.51. The zero-order valence-corrected chi connectivity index (χ0v) is 24.6. The predicted octanol–water partition coefficient (Wildman–Crippen LogP) is 8.23. The number of methoxy groups -OCH3 is 1. The molecular formula is C30H41ClO4Si. The second-order valence-electron chi connectivity index (χ2n) is 12.1. The van der Waals surface area contributed by atoms with E-state index in [9.17, 15) is 4.79 Å². The van der Waals surface area contributed by atoms with E-state index in [-0.39, 0.29) is 28.9 Å². The topological polar surface area (TPSA) is 44.8 Å². The summed E-state index contributed by atoms with van der Waals surface area (Å²) in [5.74, 6) is 1.31. The van der Waals surface area contributed by atoms with Gasteiger partial charge in [0.1, 0.15) is 11.9 Å². The number of hydrogen-bond acceptors (Lipinski definition) is 4. The van der Waals surface area contributed by atoms with Crippen LogP contribution in [-0.2, 0) is 27.0 Å². The first-order valence-electron chi connectivity index (χ1n) is 13.2. The van der Waals surface area contributed by atoms with Crippen LogP contribution in [0.3, 0.4) is 0 Å². The number of hydrogen-bond donors (Lipinski definition) is 0. The van der Waals surface area contributed by atoms with Gasteiger partial charge in [-0.3, -0.25) is 4.79 Å². The molecule has 1 aliphatic heterocycles.